The van der Waals surface area contributed by atoms with Gasteiger partial charge in [0.2, 0.25) is 0 Å². The molecule has 3 heterocycles. The van der Waals surface area contributed by atoms with Crippen LogP contribution in [-0.4, -0.2) is 41.6 Å². The quantitative estimate of drug-likeness (QED) is 0.612. The summed E-state index contributed by atoms with van der Waals surface area (Å²) in [6, 6.07) is 13.9. The maximum atomic E-state index is 13.5. The highest BCUT2D eigenvalue weighted by Crippen LogP contribution is 2.20. The van der Waals surface area contributed by atoms with Gasteiger partial charge in [-0.25, -0.2) is 0 Å². The highest BCUT2D eigenvalue weighted by atomic mass is 16.3. The fourth-order valence-electron chi connectivity index (χ4n) is 4.45. The highest BCUT2D eigenvalue weighted by Gasteiger charge is 2.27. The lowest BCUT2D eigenvalue weighted by atomic mass is 10.1. The Hall–Kier alpha value is -3.28. The number of carbonyl (C=O) groups is 1. The minimum atomic E-state index is -0.197. The van der Waals surface area contributed by atoms with Crippen molar-refractivity contribution in [3.8, 4) is 0 Å². The number of hydrogen-bond donors (Lipinski definition) is 0. The van der Waals surface area contributed by atoms with Crippen molar-refractivity contribution in [2.75, 3.05) is 31.1 Å². The van der Waals surface area contributed by atoms with Gasteiger partial charge in [0.25, 0.3) is 5.91 Å². The topological polar surface area (TPSA) is 58.7 Å². The Balaban J connectivity index is 1.57. The van der Waals surface area contributed by atoms with E-state index >= 15 is 0 Å². The van der Waals surface area contributed by atoms with Gasteiger partial charge in [-0.1, -0.05) is 24.6 Å². The van der Waals surface area contributed by atoms with Crippen molar-refractivity contribution in [2.45, 2.75) is 40.7 Å². The predicted molar refractivity (Wildman–Crippen MR) is 127 cm³/mol. The Bertz CT molecular complexity index is 1170. The summed E-state index contributed by atoms with van der Waals surface area (Å²) in [4.78, 5) is 30.5. The summed E-state index contributed by atoms with van der Waals surface area (Å²) in [6.45, 7) is 11.1. The summed E-state index contributed by atoms with van der Waals surface area (Å²) in [5.41, 5.74) is 4.11. The van der Waals surface area contributed by atoms with Crippen molar-refractivity contribution in [3.05, 3.63) is 86.7 Å². The number of amides is 1. The summed E-state index contributed by atoms with van der Waals surface area (Å²) in [7, 11) is 0. The van der Waals surface area contributed by atoms with Crippen LogP contribution in [0.4, 0.5) is 5.69 Å². The summed E-state index contributed by atoms with van der Waals surface area (Å²) in [5, 5.41) is 0. The molecule has 0 aliphatic carbocycles. The van der Waals surface area contributed by atoms with E-state index in [1.807, 2.05) is 42.4 Å². The molecule has 0 bridgehead atoms. The van der Waals surface area contributed by atoms with E-state index in [0.29, 0.717) is 31.6 Å². The van der Waals surface area contributed by atoms with Crippen molar-refractivity contribution >= 4 is 11.6 Å². The van der Waals surface area contributed by atoms with Crippen LogP contribution in [0.25, 0.3) is 0 Å². The van der Waals surface area contributed by atoms with Gasteiger partial charge < -0.3 is 18.8 Å². The number of aryl methyl sites for hydroxylation is 3. The van der Waals surface area contributed by atoms with Crippen LogP contribution in [0, 0.1) is 20.8 Å². The van der Waals surface area contributed by atoms with Crippen molar-refractivity contribution in [1.82, 2.24) is 9.47 Å². The second kappa shape index (κ2) is 9.07. The minimum Gasteiger partial charge on any atom is -0.464 e. The Kier molecular flexibility index (Phi) is 6.21. The lowest BCUT2D eigenvalue weighted by molar-refractivity contribution is 0.0743. The molecule has 6 heteroatoms. The fourth-order valence-corrected chi connectivity index (χ4v) is 4.45. The molecule has 1 aromatic carbocycles. The third kappa shape index (κ3) is 4.35. The van der Waals surface area contributed by atoms with E-state index in [1.165, 1.54) is 11.3 Å². The van der Waals surface area contributed by atoms with E-state index in [4.69, 9.17) is 4.42 Å². The maximum Gasteiger partial charge on any atom is 0.259 e. The molecule has 1 amide bonds. The molecule has 1 aliphatic rings. The Labute approximate surface area is 189 Å². The normalized spacial score (nSPS) is 14.1. The van der Waals surface area contributed by atoms with E-state index in [2.05, 4.69) is 36.1 Å². The number of furan rings is 1. The Morgan fingerprint density at radius 1 is 0.969 bits per heavy atom. The minimum absolute atomic E-state index is 0.167. The molecule has 0 N–H and O–H groups in total. The zero-order chi connectivity index (χ0) is 22.8. The smallest absolute Gasteiger partial charge is 0.259 e. The van der Waals surface area contributed by atoms with Gasteiger partial charge in [-0.15, -0.1) is 0 Å². The zero-order valence-corrected chi connectivity index (χ0v) is 19.4. The second-order valence-corrected chi connectivity index (χ2v) is 8.54. The van der Waals surface area contributed by atoms with Crippen molar-refractivity contribution in [3.63, 3.8) is 0 Å². The van der Waals surface area contributed by atoms with E-state index in [-0.39, 0.29) is 11.3 Å². The van der Waals surface area contributed by atoms with Gasteiger partial charge in [0.05, 0.1) is 6.54 Å². The van der Waals surface area contributed by atoms with E-state index in [9.17, 15) is 9.59 Å². The standard InChI is InChI=1S/C26H31N3O3/c1-5-23-25(24(30)16-19(3)29(23)17-22-11-8-20(4)32-22)26(31)28-14-12-27(13-15-28)21-9-6-18(2)7-10-21/h6-11,16H,5,12-15,17H2,1-4H3. The molecule has 6 nitrogen and oxygen atoms in total. The van der Waals surface area contributed by atoms with Crippen LogP contribution in [-0.2, 0) is 13.0 Å². The van der Waals surface area contributed by atoms with Crippen LogP contribution in [0.3, 0.4) is 0 Å². The molecule has 1 aliphatic heterocycles. The number of nitrogens with zero attached hydrogens (tertiary/aromatic N) is 3. The Morgan fingerprint density at radius 3 is 2.25 bits per heavy atom. The summed E-state index contributed by atoms with van der Waals surface area (Å²) >= 11 is 0. The monoisotopic (exact) mass is 433 g/mol. The summed E-state index contributed by atoms with van der Waals surface area (Å²) < 4.78 is 7.79. The molecule has 0 unspecified atom stereocenters. The number of piperazine rings is 1. The van der Waals surface area contributed by atoms with Gasteiger partial charge in [-0.2, -0.15) is 0 Å². The van der Waals surface area contributed by atoms with Gasteiger partial charge in [-0.05, 0) is 51.5 Å². The van der Waals surface area contributed by atoms with Crippen LogP contribution in [0.15, 0.2) is 51.7 Å². The fraction of sp³-hybridized carbons (Fsp3) is 0.385. The molecular formula is C26H31N3O3. The summed E-state index contributed by atoms with van der Waals surface area (Å²) in [6.07, 6.45) is 0.598. The number of benzene rings is 1. The van der Waals surface area contributed by atoms with Gasteiger partial charge in [0.1, 0.15) is 17.1 Å². The molecule has 32 heavy (non-hydrogen) atoms. The average Bonchev–Trinajstić information content (AvgIpc) is 3.20. The molecule has 1 saturated heterocycles. The van der Waals surface area contributed by atoms with Gasteiger partial charge in [-0.3, -0.25) is 9.59 Å². The maximum absolute atomic E-state index is 13.5. The first-order valence-electron chi connectivity index (χ1n) is 11.3. The molecule has 1 fully saturated rings. The van der Waals surface area contributed by atoms with Crippen molar-refractivity contribution in [2.24, 2.45) is 0 Å². The van der Waals surface area contributed by atoms with Crippen LogP contribution < -0.4 is 10.3 Å². The second-order valence-electron chi connectivity index (χ2n) is 8.54. The van der Waals surface area contributed by atoms with E-state index in [0.717, 1.165) is 36.0 Å². The predicted octanol–water partition coefficient (Wildman–Crippen LogP) is 3.94. The molecule has 2 aromatic heterocycles. The lowest BCUT2D eigenvalue weighted by Gasteiger charge is -2.36. The van der Waals surface area contributed by atoms with Gasteiger partial charge >= 0.3 is 0 Å². The third-order valence-electron chi connectivity index (χ3n) is 6.25. The molecule has 0 radical (unpaired) electrons. The first-order valence-corrected chi connectivity index (χ1v) is 11.3. The lowest BCUT2D eigenvalue weighted by Crippen LogP contribution is -2.50. The van der Waals surface area contributed by atoms with Gasteiger partial charge in [0, 0.05) is 49.3 Å². The molecule has 3 aromatic rings. The Morgan fingerprint density at radius 2 is 1.66 bits per heavy atom. The molecule has 0 saturated carbocycles. The molecule has 0 spiro atoms. The first-order chi connectivity index (χ1) is 15.4. The van der Waals surface area contributed by atoms with Crippen LogP contribution >= 0.6 is 0 Å². The highest BCUT2D eigenvalue weighted by molar-refractivity contribution is 5.95. The molecule has 4 rings (SSSR count). The van der Waals surface area contributed by atoms with Crippen LogP contribution in [0.2, 0.25) is 0 Å². The zero-order valence-electron chi connectivity index (χ0n) is 19.4. The molecule has 0 atom stereocenters. The number of aromatic nitrogens is 1. The number of hydrogen-bond acceptors (Lipinski definition) is 4. The molecule has 168 valence electrons. The third-order valence-corrected chi connectivity index (χ3v) is 6.25. The number of rotatable bonds is 5. The van der Waals surface area contributed by atoms with Gasteiger partial charge in [0.15, 0.2) is 5.43 Å². The average molecular weight is 434 g/mol. The van der Waals surface area contributed by atoms with Crippen molar-refractivity contribution < 1.29 is 9.21 Å². The number of carbonyl (C=O) groups excluding carboxylic acids is 1. The van der Waals surface area contributed by atoms with E-state index in [1.54, 1.807) is 6.07 Å². The van der Waals surface area contributed by atoms with E-state index < -0.39 is 0 Å². The van der Waals surface area contributed by atoms with Crippen LogP contribution in [0.5, 0.6) is 0 Å². The van der Waals surface area contributed by atoms with Crippen LogP contribution in [0.1, 0.15) is 45.8 Å². The molecular weight excluding hydrogens is 402 g/mol. The SMILES string of the molecule is CCc1c(C(=O)N2CCN(c3ccc(C)cc3)CC2)c(=O)cc(C)n1Cc1ccc(C)o1. The first kappa shape index (κ1) is 21.9. The van der Waals surface area contributed by atoms with Crippen molar-refractivity contribution in [1.29, 1.82) is 0 Å². The largest absolute Gasteiger partial charge is 0.464 e. The number of pyridine rings is 1. The number of anilines is 1. The summed E-state index contributed by atoms with van der Waals surface area (Å²) in [5.74, 6) is 1.49.